The van der Waals surface area contributed by atoms with Crippen LogP contribution in [0.15, 0.2) is 5.16 Å². The minimum atomic E-state index is -0.380. The zero-order chi connectivity index (χ0) is 13.9. The molecule has 0 radical (unpaired) electrons. The first-order valence-electron chi connectivity index (χ1n) is 6.77. The largest absolute Gasteiger partial charge is 0.297 e. The van der Waals surface area contributed by atoms with Gasteiger partial charge in [-0.15, -0.1) is 5.10 Å². The summed E-state index contributed by atoms with van der Waals surface area (Å²) in [6, 6.07) is 2.82. The van der Waals surface area contributed by atoms with E-state index in [4.69, 9.17) is 0 Å². The Hall–Kier alpha value is -1.06. The fourth-order valence-corrected chi connectivity index (χ4v) is 3.90. The van der Waals surface area contributed by atoms with Crippen molar-refractivity contribution in [3.8, 4) is 6.07 Å². The van der Waals surface area contributed by atoms with Gasteiger partial charge in [-0.05, 0) is 46.5 Å². The van der Waals surface area contributed by atoms with Gasteiger partial charge in [-0.25, -0.2) is 4.98 Å². The molecule has 19 heavy (non-hydrogen) atoms. The molecule has 0 spiro atoms. The summed E-state index contributed by atoms with van der Waals surface area (Å²) in [7, 11) is 0. The Kier molecular flexibility index (Phi) is 4.48. The van der Waals surface area contributed by atoms with Crippen molar-refractivity contribution in [1.29, 1.82) is 5.26 Å². The summed E-state index contributed by atoms with van der Waals surface area (Å²) in [4.78, 5) is 4.33. The monoisotopic (exact) mass is 279 g/mol. The van der Waals surface area contributed by atoms with Crippen molar-refractivity contribution in [2.24, 2.45) is 0 Å². The maximum atomic E-state index is 9.52. The number of H-pyrrole nitrogens is 1. The Bertz CT molecular complexity index is 464. The molecule has 1 fully saturated rings. The van der Waals surface area contributed by atoms with Crippen LogP contribution in [0.1, 0.15) is 45.4 Å². The number of nitrogens with one attached hydrogen (secondary N) is 2. The van der Waals surface area contributed by atoms with Crippen LogP contribution in [0.5, 0.6) is 0 Å². The van der Waals surface area contributed by atoms with Crippen molar-refractivity contribution in [1.82, 2.24) is 20.5 Å². The van der Waals surface area contributed by atoms with Gasteiger partial charge in [-0.3, -0.25) is 10.4 Å². The molecule has 1 aromatic rings. The number of nitrogens with zero attached hydrogens (tertiary/aromatic N) is 3. The summed E-state index contributed by atoms with van der Waals surface area (Å²) in [5, 5.41) is 21.2. The number of hydrogen-bond acceptors (Lipinski definition) is 5. The number of thioether (sulfide) groups is 1. The van der Waals surface area contributed by atoms with Gasteiger partial charge in [0.15, 0.2) is 0 Å². The number of rotatable bonds is 4. The minimum absolute atomic E-state index is 0.328. The Labute approximate surface area is 118 Å². The zero-order valence-electron chi connectivity index (χ0n) is 11.7. The smallest absolute Gasteiger partial charge is 0.208 e. The second-order valence-corrected chi connectivity index (χ2v) is 6.80. The van der Waals surface area contributed by atoms with Crippen LogP contribution >= 0.6 is 11.8 Å². The Morgan fingerprint density at radius 1 is 1.58 bits per heavy atom. The van der Waals surface area contributed by atoms with E-state index in [1.807, 2.05) is 6.92 Å². The molecule has 2 rings (SSSR count). The quantitative estimate of drug-likeness (QED) is 0.885. The van der Waals surface area contributed by atoms with Crippen molar-refractivity contribution in [3.05, 3.63) is 5.82 Å². The molecular formula is C13H21N5S. The number of aromatic nitrogens is 3. The van der Waals surface area contributed by atoms with Crippen LogP contribution < -0.4 is 5.32 Å². The van der Waals surface area contributed by atoms with E-state index in [1.165, 1.54) is 0 Å². The van der Waals surface area contributed by atoms with Gasteiger partial charge < -0.3 is 0 Å². The predicted octanol–water partition coefficient (Wildman–Crippen LogP) is 2.41. The predicted molar refractivity (Wildman–Crippen MR) is 75.8 cm³/mol. The van der Waals surface area contributed by atoms with Crippen molar-refractivity contribution in [2.45, 2.75) is 68.4 Å². The van der Waals surface area contributed by atoms with Gasteiger partial charge in [-0.2, -0.15) is 5.26 Å². The SMILES string of the molecule is Cc1nc(SC2CCCC(C#N)(NC(C)C)C2)n[nH]1. The lowest BCUT2D eigenvalue weighted by atomic mass is 9.82. The summed E-state index contributed by atoms with van der Waals surface area (Å²) < 4.78 is 0. The molecule has 0 bridgehead atoms. The maximum Gasteiger partial charge on any atom is 0.208 e. The topological polar surface area (TPSA) is 77.4 Å². The Morgan fingerprint density at radius 2 is 2.37 bits per heavy atom. The van der Waals surface area contributed by atoms with Gasteiger partial charge >= 0.3 is 0 Å². The summed E-state index contributed by atoms with van der Waals surface area (Å²) in [5.74, 6) is 0.838. The fraction of sp³-hybridized carbons (Fsp3) is 0.769. The van der Waals surface area contributed by atoms with E-state index in [2.05, 4.69) is 40.4 Å². The van der Waals surface area contributed by atoms with Crippen LogP contribution in [0.4, 0.5) is 0 Å². The van der Waals surface area contributed by atoms with E-state index in [-0.39, 0.29) is 5.54 Å². The first-order valence-corrected chi connectivity index (χ1v) is 7.65. The molecule has 1 aliphatic carbocycles. The Morgan fingerprint density at radius 3 is 2.95 bits per heavy atom. The molecule has 1 saturated carbocycles. The van der Waals surface area contributed by atoms with Crippen LogP contribution in [0.2, 0.25) is 0 Å². The zero-order valence-corrected chi connectivity index (χ0v) is 12.5. The summed E-state index contributed by atoms with van der Waals surface area (Å²) >= 11 is 1.69. The number of aryl methyl sites for hydroxylation is 1. The second kappa shape index (κ2) is 5.93. The third-order valence-electron chi connectivity index (χ3n) is 3.33. The number of nitriles is 1. The fourth-order valence-electron chi connectivity index (χ4n) is 2.67. The first kappa shape index (κ1) is 14.4. The van der Waals surface area contributed by atoms with Crippen molar-refractivity contribution < 1.29 is 0 Å². The molecule has 2 N–H and O–H groups in total. The molecule has 104 valence electrons. The highest BCUT2D eigenvalue weighted by atomic mass is 32.2. The van der Waals surface area contributed by atoms with Gasteiger partial charge in [-0.1, -0.05) is 11.8 Å². The minimum Gasteiger partial charge on any atom is -0.297 e. The molecule has 1 aliphatic rings. The molecule has 1 aromatic heterocycles. The molecule has 6 heteroatoms. The van der Waals surface area contributed by atoms with E-state index in [9.17, 15) is 5.26 Å². The molecule has 2 unspecified atom stereocenters. The van der Waals surface area contributed by atoms with E-state index < -0.39 is 0 Å². The van der Waals surface area contributed by atoms with Crippen LogP contribution in [0.25, 0.3) is 0 Å². The normalized spacial score (nSPS) is 27.4. The summed E-state index contributed by atoms with van der Waals surface area (Å²) in [6.45, 7) is 6.08. The molecule has 0 amide bonds. The van der Waals surface area contributed by atoms with E-state index in [0.29, 0.717) is 11.3 Å². The lowest BCUT2D eigenvalue weighted by Gasteiger charge is -2.37. The summed E-state index contributed by atoms with van der Waals surface area (Å²) in [6.07, 6.45) is 4.00. The van der Waals surface area contributed by atoms with Crippen LogP contribution in [-0.4, -0.2) is 32.0 Å². The molecule has 0 saturated heterocycles. The van der Waals surface area contributed by atoms with Gasteiger partial charge in [0, 0.05) is 11.3 Å². The van der Waals surface area contributed by atoms with Crippen LogP contribution in [0.3, 0.4) is 0 Å². The Balaban J connectivity index is 2.02. The average molecular weight is 279 g/mol. The van der Waals surface area contributed by atoms with Crippen molar-refractivity contribution in [2.75, 3.05) is 0 Å². The molecule has 2 atom stereocenters. The highest BCUT2D eigenvalue weighted by Gasteiger charge is 2.37. The number of aromatic amines is 1. The van der Waals surface area contributed by atoms with Gasteiger partial charge in [0.05, 0.1) is 6.07 Å². The van der Waals surface area contributed by atoms with Crippen LogP contribution in [-0.2, 0) is 0 Å². The highest BCUT2D eigenvalue weighted by Crippen LogP contribution is 2.37. The average Bonchev–Trinajstić information content (AvgIpc) is 2.74. The number of hydrogen-bond donors (Lipinski definition) is 2. The third-order valence-corrected chi connectivity index (χ3v) is 4.46. The third kappa shape index (κ3) is 3.71. The highest BCUT2D eigenvalue weighted by molar-refractivity contribution is 7.99. The molecule has 0 aliphatic heterocycles. The molecule has 0 aromatic carbocycles. The lowest BCUT2D eigenvalue weighted by molar-refractivity contribution is 0.284. The van der Waals surface area contributed by atoms with Gasteiger partial charge in [0.1, 0.15) is 11.4 Å². The van der Waals surface area contributed by atoms with E-state index in [1.54, 1.807) is 11.8 Å². The standard InChI is InChI=1S/C13H21N5S/c1-9(2)16-13(8-14)6-4-5-11(7-13)19-12-15-10(3)17-18-12/h9,11,16H,4-7H2,1-3H3,(H,15,17,18). The van der Waals surface area contributed by atoms with E-state index >= 15 is 0 Å². The summed E-state index contributed by atoms with van der Waals surface area (Å²) in [5.41, 5.74) is -0.380. The lowest BCUT2D eigenvalue weighted by Crippen LogP contribution is -2.51. The van der Waals surface area contributed by atoms with Gasteiger partial charge in [0.2, 0.25) is 5.16 Å². The van der Waals surface area contributed by atoms with Crippen molar-refractivity contribution >= 4 is 11.8 Å². The molecule has 1 heterocycles. The maximum absolute atomic E-state index is 9.52. The van der Waals surface area contributed by atoms with E-state index in [0.717, 1.165) is 36.7 Å². The van der Waals surface area contributed by atoms with Crippen LogP contribution in [0, 0.1) is 18.3 Å². The van der Waals surface area contributed by atoms with Crippen molar-refractivity contribution in [3.63, 3.8) is 0 Å². The second-order valence-electron chi connectivity index (χ2n) is 5.53. The van der Waals surface area contributed by atoms with Gasteiger partial charge in [0.25, 0.3) is 0 Å². The molecule has 5 nitrogen and oxygen atoms in total. The molecular weight excluding hydrogens is 258 g/mol. The first-order chi connectivity index (χ1) is 9.03.